The van der Waals surface area contributed by atoms with Gasteiger partial charge in [-0.3, -0.25) is 4.79 Å². The second-order valence-corrected chi connectivity index (χ2v) is 7.96. The SMILES string of the molecule is O=C(O)c1ccccc1CC1CCN(C(=O)CCCc2cccs2)CC1. The Morgan fingerprint density at radius 2 is 1.88 bits per heavy atom. The number of amides is 1. The maximum atomic E-state index is 12.4. The van der Waals surface area contributed by atoms with Crippen LogP contribution in [0.5, 0.6) is 0 Å². The van der Waals surface area contributed by atoms with Crippen molar-refractivity contribution in [1.82, 2.24) is 4.90 Å². The molecule has 1 aromatic heterocycles. The Morgan fingerprint density at radius 1 is 1.12 bits per heavy atom. The van der Waals surface area contributed by atoms with Crippen molar-refractivity contribution in [2.45, 2.75) is 38.5 Å². The maximum Gasteiger partial charge on any atom is 0.335 e. The first-order valence-corrected chi connectivity index (χ1v) is 10.1. The third-order valence-corrected chi connectivity index (χ3v) is 6.05. The normalized spacial score (nSPS) is 15.2. The average Bonchev–Trinajstić information content (AvgIpc) is 3.16. The summed E-state index contributed by atoms with van der Waals surface area (Å²) >= 11 is 1.75. The van der Waals surface area contributed by atoms with Crippen molar-refractivity contribution in [3.8, 4) is 0 Å². The zero-order valence-electron chi connectivity index (χ0n) is 14.9. The summed E-state index contributed by atoms with van der Waals surface area (Å²) in [5.74, 6) is -0.157. The van der Waals surface area contributed by atoms with Crippen LogP contribution in [0.4, 0.5) is 0 Å². The van der Waals surface area contributed by atoms with E-state index in [1.165, 1.54) is 4.88 Å². The summed E-state index contributed by atoms with van der Waals surface area (Å²) in [6.45, 7) is 1.58. The summed E-state index contributed by atoms with van der Waals surface area (Å²) in [5, 5.41) is 11.4. The number of hydrogen-bond acceptors (Lipinski definition) is 3. The Labute approximate surface area is 158 Å². The molecule has 0 unspecified atom stereocenters. The number of rotatable bonds is 7. The van der Waals surface area contributed by atoms with E-state index >= 15 is 0 Å². The van der Waals surface area contributed by atoms with Crippen LogP contribution in [-0.2, 0) is 17.6 Å². The van der Waals surface area contributed by atoms with Gasteiger partial charge in [0, 0.05) is 24.4 Å². The number of carbonyl (C=O) groups excluding carboxylic acids is 1. The van der Waals surface area contributed by atoms with Crippen molar-refractivity contribution in [3.63, 3.8) is 0 Å². The van der Waals surface area contributed by atoms with Crippen LogP contribution in [0.25, 0.3) is 0 Å². The molecular weight excluding hydrogens is 346 g/mol. The molecule has 3 rings (SSSR count). The smallest absolute Gasteiger partial charge is 0.335 e. The quantitative estimate of drug-likeness (QED) is 0.791. The van der Waals surface area contributed by atoms with Crippen LogP contribution in [0.3, 0.4) is 0 Å². The van der Waals surface area contributed by atoms with Crippen LogP contribution >= 0.6 is 11.3 Å². The third-order valence-electron chi connectivity index (χ3n) is 5.12. The number of piperidine rings is 1. The highest BCUT2D eigenvalue weighted by molar-refractivity contribution is 7.09. The van der Waals surface area contributed by atoms with Crippen molar-refractivity contribution in [1.29, 1.82) is 0 Å². The fourth-order valence-electron chi connectivity index (χ4n) is 3.63. The van der Waals surface area contributed by atoms with E-state index in [0.29, 0.717) is 17.9 Å². The van der Waals surface area contributed by atoms with Crippen molar-refractivity contribution in [3.05, 3.63) is 57.8 Å². The van der Waals surface area contributed by atoms with E-state index < -0.39 is 5.97 Å². The van der Waals surface area contributed by atoms with Crippen molar-refractivity contribution in [2.75, 3.05) is 13.1 Å². The first-order valence-electron chi connectivity index (χ1n) is 9.25. The van der Waals surface area contributed by atoms with E-state index in [1.54, 1.807) is 23.5 Å². The number of aromatic carboxylic acids is 1. The molecule has 1 aliphatic heterocycles. The number of likely N-dealkylation sites (tertiary alicyclic amines) is 1. The fourth-order valence-corrected chi connectivity index (χ4v) is 4.38. The van der Waals surface area contributed by atoms with Gasteiger partial charge in [0.25, 0.3) is 0 Å². The molecule has 2 heterocycles. The molecule has 1 N–H and O–H groups in total. The van der Waals surface area contributed by atoms with Gasteiger partial charge in [-0.15, -0.1) is 11.3 Å². The molecule has 2 aromatic rings. The summed E-state index contributed by atoms with van der Waals surface area (Å²) in [6.07, 6.45) is 5.18. The lowest BCUT2D eigenvalue weighted by Gasteiger charge is -2.32. The average molecular weight is 372 g/mol. The summed E-state index contributed by atoms with van der Waals surface area (Å²) in [4.78, 5) is 27.0. The van der Waals surface area contributed by atoms with E-state index in [4.69, 9.17) is 0 Å². The zero-order chi connectivity index (χ0) is 18.4. The number of benzene rings is 1. The molecule has 0 aliphatic carbocycles. The largest absolute Gasteiger partial charge is 0.478 e. The summed E-state index contributed by atoms with van der Waals surface area (Å²) in [7, 11) is 0. The molecule has 0 bridgehead atoms. The molecule has 1 aliphatic rings. The van der Waals surface area contributed by atoms with Gasteiger partial charge in [0.1, 0.15) is 0 Å². The second kappa shape index (κ2) is 8.99. The van der Waals surface area contributed by atoms with E-state index in [9.17, 15) is 14.7 Å². The van der Waals surface area contributed by atoms with Gasteiger partial charge in [0.2, 0.25) is 5.91 Å². The molecule has 26 heavy (non-hydrogen) atoms. The lowest BCUT2D eigenvalue weighted by Crippen LogP contribution is -2.38. The first kappa shape index (κ1) is 18.6. The number of carbonyl (C=O) groups is 2. The Hall–Kier alpha value is -2.14. The molecule has 1 aromatic carbocycles. The topological polar surface area (TPSA) is 57.6 Å². The number of carboxylic acids is 1. The van der Waals surface area contributed by atoms with Gasteiger partial charge >= 0.3 is 5.97 Å². The Kier molecular flexibility index (Phi) is 6.45. The van der Waals surface area contributed by atoms with E-state index in [2.05, 4.69) is 17.5 Å². The van der Waals surface area contributed by atoms with Gasteiger partial charge in [0.15, 0.2) is 0 Å². The fraction of sp³-hybridized carbons (Fsp3) is 0.429. The van der Waals surface area contributed by atoms with Crippen LogP contribution < -0.4 is 0 Å². The van der Waals surface area contributed by atoms with E-state index in [0.717, 1.165) is 50.8 Å². The van der Waals surface area contributed by atoms with Gasteiger partial charge in [-0.2, -0.15) is 0 Å². The van der Waals surface area contributed by atoms with Crippen LogP contribution in [-0.4, -0.2) is 35.0 Å². The monoisotopic (exact) mass is 371 g/mol. The van der Waals surface area contributed by atoms with Crippen molar-refractivity contribution in [2.24, 2.45) is 5.92 Å². The van der Waals surface area contributed by atoms with Crippen LogP contribution in [0.15, 0.2) is 41.8 Å². The molecule has 138 valence electrons. The van der Waals surface area contributed by atoms with E-state index in [-0.39, 0.29) is 5.91 Å². The van der Waals surface area contributed by atoms with Crippen LogP contribution in [0.1, 0.15) is 46.5 Å². The standard InChI is InChI=1S/C21H25NO3S/c23-20(9-3-6-18-7-4-14-26-18)22-12-10-16(11-13-22)15-17-5-1-2-8-19(17)21(24)25/h1-2,4-5,7-8,14,16H,3,6,9-13,15H2,(H,24,25). The first-order chi connectivity index (χ1) is 12.6. The minimum Gasteiger partial charge on any atom is -0.478 e. The predicted molar refractivity (Wildman–Crippen MR) is 104 cm³/mol. The molecular formula is C21H25NO3S. The van der Waals surface area contributed by atoms with Gasteiger partial charge in [-0.1, -0.05) is 24.3 Å². The molecule has 0 saturated carbocycles. The lowest BCUT2D eigenvalue weighted by atomic mass is 9.88. The van der Waals surface area contributed by atoms with Gasteiger partial charge in [0.05, 0.1) is 5.56 Å². The van der Waals surface area contributed by atoms with Crippen LogP contribution in [0, 0.1) is 5.92 Å². The minimum absolute atomic E-state index is 0.256. The predicted octanol–water partition coefficient (Wildman–Crippen LogP) is 4.25. The number of aryl methyl sites for hydroxylation is 1. The van der Waals surface area contributed by atoms with Crippen molar-refractivity contribution < 1.29 is 14.7 Å². The molecule has 1 saturated heterocycles. The third kappa shape index (κ3) is 4.94. The van der Waals surface area contributed by atoms with Gasteiger partial charge in [-0.05, 0) is 61.1 Å². The van der Waals surface area contributed by atoms with Crippen LogP contribution in [0.2, 0.25) is 0 Å². The molecule has 5 heteroatoms. The zero-order valence-corrected chi connectivity index (χ0v) is 15.7. The molecule has 0 radical (unpaired) electrons. The van der Waals surface area contributed by atoms with Crippen molar-refractivity contribution >= 4 is 23.2 Å². The molecule has 0 spiro atoms. The lowest BCUT2D eigenvalue weighted by molar-refractivity contribution is -0.132. The Morgan fingerprint density at radius 3 is 2.58 bits per heavy atom. The maximum absolute atomic E-state index is 12.4. The molecule has 1 fully saturated rings. The highest BCUT2D eigenvalue weighted by Gasteiger charge is 2.23. The molecule has 4 nitrogen and oxygen atoms in total. The summed E-state index contributed by atoms with van der Waals surface area (Å²) in [5.41, 5.74) is 1.31. The van der Waals surface area contributed by atoms with E-state index in [1.807, 2.05) is 17.0 Å². The van der Waals surface area contributed by atoms with Gasteiger partial charge in [-0.25, -0.2) is 4.79 Å². The summed E-state index contributed by atoms with van der Waals surface area (Å²) in [6, 6.07) is 11.4. The Bertz CT molecular complexity index is 733. The highest BCUT2D eigenvalue weighted by Crippen LogP contribution is 2.24. The number of carboxylic acid groups (broad SMARTS) is 1. The molecule has 1 amide bonds. The Balaban J connectivity index is 1.44. The molecule has 0 atom stereocenters. The number of nitrogens with zero attached hydrogens (tertiary/aromatic N) is 1. The number of hydrogen-bond donors (Lipinski definition) is 1. The summed E-state index contributed by atoms with van der Waals surface area (Å²) < 4.78 is 0. The highest BCUT2D eigenvalue weighted by atomic mass is 32.1. The number of thiophene rings is 1. The second-order valence-electron chi connectivity index (χ2n) is 6.92. The van der Waals surface area contributed by atoms with Gasteiger partial charge < -0.3 is 10.0 Å². The minimum atomic E-state index is -0.862.